The molecule has 2 aliphatic rings. The van der Waals surface area contributed by atoms with Crippen molar-refractivity contribution in [2.24, 2.45) is 5.92 Å². The van der Waals surface area contributed by atoms with Crippen LogP contribution in [0.2, 0.25) is 0 Å². The van der Waals surface area contributed by atoms with Crippen LogP contribution in [-0.2, 0) is 11.2 Å². The third-order valence-electron chi connectivity index (χ3n) is 4.82. The van der Waals surface area contributed by atoms with E-state index in [1.54, 1.807) is 11.3 Å². The van der Waals surface area contributed by atoms with Crippen molar-refractivity contribution in [3.63, 3.8) is 0 Å². The lowest BCUT2D eigenvalue weighted by Crippen LogP contribution is -2.33. The Labute approximate surface area is 130 Å². The molecule has 0 saturated carbocycles. The summed E-state index contributed by atoms with van der Waals surface area (Å²) in [6.07, 6.45) is 7.83. The Hall–Kier alpha value is -1.10. The molecule has 1 unspecified atom stereocenters. The first kappa shape index (κ1) is 14.8. The lowest BCUT2D eigenvalue weighted by atomic mass is 9.91. The Balaban J connectivity index is 1.72. The Bertz CT molecular complexity index is 506. The first-order valence-corrected chi connectivity index (χ1v) is 8.98. The molecule has 3 rings (SSSR count). The molecule has 0 aromatic carbocycles. The highest BCUT2D eigenvalue weighted by atomic mass is 32.1. The number of carboxylic acid groups (broad SMARTS) is 1. The van der Waals surface area contributed by atoms with Crippen LogP contribution in [0.25, 0.3) is 0 Å². The van der Waals surface area contributed by atoms with Gasteiger partial charge < -0.3 is 10.0 Å². The third-order valence-corrected chi connectivity index (χ3v) is 6.01. The predicted molar refractivity (Wildman–Crippen MR) is 85.3 cm³/mol. The molecule has 1 fully saturated rings. The number of hydrogen-bond donors (Lipinski definition) is 1. The van der Waals surface area contributed by atoms with Crippen LogP contribution < -0.4 is 4.90 Å². The fourth-order valence-corrected chi connectivity index (χ4v) is 4.82. The van der Waals surface area contributed by atoms with E-state index in [0.29, 0.717) is 0 Å². The normalized spacial score (nSPS) is 23.1. The van der Waals surface area contributed by atoms with Crippen molar-refractivity contribution in [1.29, 1.82) is 0 Å². The summed E-state index contributed by atoms with van der Waals surface area (Å²) in [5.41, 5.74) is 0.851. The first-order valence-electron chi connectivity index (χ1n) is 8.16. The Morgan fingerprint density at radius 2 is 2.14 bits per heavy atom. The van der Waals surface area contributed by atoms with Crippen molar-refractivity contribution in [1.82, 2.24) is 4.98 Å². The van der Waals surface area contributed by atoms with Crippen molar-refractivity contribution >= 4 is 22.4 Å². The molecule has 1 aliphatic heterocycles. The average Bonchev–Trinajstić information content (AvgIpc) is 2.92. The second kappa shape index (κ2) is 6.34. The van der Waals surface area contributed by atoms with Gasteiger partial charge in [0.15, 0.2) is 5.13 Å². The SMILES string of the molecule is CCCC1CCN(c2nc3c(s2)CCCC3C(=O)O)CC1. The van der Waals surface area contributed by atoms with E-state index < -0.39 is 5.97 Å². The molecule has 1 aliphatic carbocycles. The van der Waals surface area contributed by atoms with Crippen LogP contribution in [0, 0.1) is 5.92 Å². The van der Waals surface area contributed by atoms with Gasteiger partial charge in [0.05, 0.1) is 5.69 Å². The number of aryl methyl sites for hydroxylation is 1. The van der Waals surface area contributed by atoms with Gasteiger partial charge in [-0.15, -0.1) is 11.3 Å². The highest BCUT2D eigenvalue weighted by Gasteiger charge is 2.31. The molecular formula is C16H24N2O2S. The summed E-state index contributed by atoms with van der Waals surface area (Å²) in [5.74, 6) is -0.224. The van der Waals surface area contributed by atoms with Crippen molar-refractivity contribution in [2.75, 3.05) is 18.0 Å². The first-order chi connectivity index (χ1) is 10.2. The van der Waals surface area contributed by atoms with Crippen LogP contribution in [0.3, 0.4) is 0 Å². The summed E-state index contributed by atoms with van der Waals surface area (Å²) < 4.78 is 0. The maximum Gasteiger partial charge on any atom is 0.312 e. The lowest BCUT2D eigenvalue weighted by molar-refractivity contribution is -0.139. The van der Waals surface area contributed by atoms with Gasteiger partial charge in [-0.3, -0.25) is 4.79 Å². The van der Waals surface area contributed by atoms with Crippen LogP contribution in [0.5, 0.6) is 0 Å². The Kier molecular flexibility index (Phi) is 4.48. The number of aliphatic carboxylic acids is 1. The average molecular weight is 308 g/mol. The summed E-state index contributed by atoms with van der Waals surface area (Å²) in [5, 5.41) is 10.4. The largest absolute Gasteiger partial charge is 0.481 e. The number of hydrogen-bond acceptors (Lipinski definition) is 4. The maximum atomic E-state index is 11.4. The number of anilines is 1. The Morgan fingerprint density at radius 1 is 1.38 bits per heavy atom. The quantitative estimate of drug-likeness (QED) is 0.922. The minimum absolute atomic E-state index is 0.378. The number of rotatable bonds is 4. The molecule has 2 heterocycles. The molecule has 1 saturated heterocycles. The van der Waals surface area contributed by atoms with E-state index >= 15 is 0 Å². The van der Waals surface area contributed by atoms with Gasteiger partial charge in [-0.2, -0.15) is 0 Å². The molecule has 116 valence electrons. The second-order valence-electron chi connectivity index (χ2n) is 6.31. The molecule has 0 bridgehead atoms. The molecule has 1 aromatic heterocycles. The van der Waals surface area contributed by atoms with Crippen LogP contribution in [0.4, 0.5) is 5.13 Å². The zero-order valence-electron chi connectivity index (χ0n) is 12.7. The van der Waals surface area contributed by atoms with Gasteiger partial charge in [0.2, 0.25) is 0 Å². The smallest absolute Gasteiger partial charge is 0.312 e. The van der Waals surface area contributed by atoms with E-state index in [1.807, 2.05) is 0 Å². The van der Waals surface area contributed by atoms with Crippen LogP contribution >= 0.6 is 11.3 Å². The zero-order valence-corrected chi connectivity index (χ0v) is 13.5. The minimum atomic E-state index is -0.713. The van der Waals surface area contributed by atoms with E-state index in [-0.39, 0.29) is 5.92 Å². The molecule has 0 radical (unpaired) electrons. The summed E-state index contributed by atoms with van der Waals surface area (Å²) in [6, 6.07) is 0. The fourth-order valence-electron chi connectivity index (χ4n) is 3.60. The lowest BCUT2D eigenvalue weighted by Gasteiger charge is -2.31. The van der Waals surface area contributed by atoms with E-state index in [9.17, 15) is 9.90 Å². The number of fused-ring (bicyclic) bond motifs is 1. The van der Waals surface area contributed by atoms with Gasteiger partial charge in [0.1, 0.15) is 5.92 Å². The molecule has 0 spiro atoms. The van der Waals surface area contributed by atoms with E-state index in [2.05, 4.69) is 11.8 Å². The zero-order chi connectivity index (χ0) is 14.8. The molecule has 21 heavy (non-hydrogen) atoms. The highest BCUT2D eigenvalue weighted by Crippen LogP contribution is 2.39. The molecule has 0 amide bonds. The number of carboxylic acids is 1. The van der Waals surface area contributed by atoms with Gasteiger partial charge in [0.25, 0.3) is 0 Å². The number of aromatic nitrogens is 1. The molecule has 5 heteroatoms. The van der Waals surface area contributed by atoms with E-state index in [0.717, 1.165) is 49.1 Å². The topological polar surface area (TPSA) is 53.4 Å². The molecular weight excluding hydrogens is 284 g/mol. The summed E-state index contributed by atoms with van der Waals surface area (Å²) >= 11 is 1.73. The number of piperidine rings is 1. The van der Waals surface area contributed by atoms with Crippen molar-refractivity contribution in [3.8, 4) is 0 Å². The van der Waals surface area contributed by atoms with Gasteiger partial charge in [0, 0.05) is 18.0 Å². The summed E-state index contributed by atoms with van der Waals surface area (Å²) in [7, 11) is 0. The second-order valence-corrected chi connectivity index (χ2v) is 7.37. The van der Waals surface area contributed by atoms with Gasteiger partial charge in [-0.05, 0) is 38.0 Å². The maximum absolute atomic E-state index is 11.4. The minimum Gasteiger partial charge on any atom is -0.481 e. The van der Waals surface area contributed by atoms with Gasteiger partial charge in [-0.1, -0.05) is 19.8 Å². The Morgan fingerprint density at radius 3 is 2.81 bits per heavy atom. The van der Waals surface area contributed by atoms with Crippen LogP contribution in [0.15, 0.2) is 0 Å². The van der Waals surface area contributed by atoms with Gasteiger partial charge >= 0.3 is 5.97 Å². The van der Waals surface area contributed by atoms with Crippen molar-refractivity contribution < 1.29 is 9.90 Å². The number of thiazole rings is 1. The van der Waals surface area contributed by atoms with Crippen LogP contribution in [-0.4, -0.2) is 29.1 Å². The monoisotopic (exact) mass is 308 g/mol. The number of carbonyl (C=O) groups is 1. The molecule has 1 atom stereocenters. The summed E-state index contributed by atoms with van der Waals surface area (Å²) in [6.45, 7) is 4.41. The summed E-state index contributed by atoms with van der Waals surface area (Å²) in [4.78, 5) is 19.7. The van der Waals surface area contributed by atoms with Crippen LogP contribution in [0.1, 0.15) is 61.9 Å². The highest BCUT2D eigenvalue weighted by molar-refractivity contribution is 7.15. The van der Waals surface area contributed by atoms with Crippen molar-refractivity contribution in [3.05, 3.63) is 10.6 Å². The molecule has 1 N–H and O–H groups in total. The van der Waals surface area contributed by atoms with Gasteiger partial charge in [-0.25, -0.2) is 4.98 Å². The standard InChI is InChI=1S/C16H24N2O2S/c1-2-4-11-7-9-18(10-8-11)16-17-14-12(15(19)20)5-3-6-13(14)21-16/h11-12H,2-10H2,1H3,(H,19,20). The number of nitrogens with zero attached hydrogens (tertiary/aromatic N) is 2. The predicted octanol–water partition coefficient (Wildman–Crippen LogP) is 3.66. The fraction of sp³-hybridized carbons (Fsp3) is 0.750. The molecule has 1 aromatic rings. The van der Waals surface area contributed by atoms with Crippen molar-refractivity contribution in [2.45, 2.75) is 57.8 Å². The molecule has 4 nitrogen and oxygen atoms in total. The van der Waals surface area contributed by atoms with E-state index in [4.69, 9.17) is 4.98 Å². The van der Waals surface area contributed by atoms with E-state index in [1.165, 1.54) is 30.6 Å². The third kappa shape index (κ3) is 3.07.